The molecule has 164 valence electrons. The first-order valence-corrected chi connectivity index (χ1v) is 10.8. The molecule has 0 saturated heterocycles. The maximum atomic E-state index is 11.6. The number of aryl methyl sites for hydroxylation is 1. The lowest BCUT2D eigenvalue weighted by atomic mass is 9.87. The number of benzene rings is 2. The second kappa shape index (κ2) is 10.0. The van der Waals surface area contributed by atoms with Gasteiger partial charge in [-0.05, 0) is 48.7 Å². The molecular weight excluding hydrogens is 402 g/mol. The number of aromatic amines is 1. The number of ether oxygens (including phenoxy) is 1. The number of carbonyl (C=O) groups is 1. The minimum atomic E-state index is -0.815. The van der Waals surface area contributed by atoms with Crippen LogP contribution in [0.5, 0.6) is 5.75 Å². The molecular formula is C26H27N3O3. The lowest BCUT2D eigenvalue weighted by Gasteiger charge is -2.16. The number of carboxylic acids is 1. The molecule has 0 fully saturated rings. The molecule has 6 heteroatoms. The first-order valence-electron chi connectivity index (χ1n) is 10.8. The summed E-state index contributed by atoms with van der Waals surface area (Å²) < 4.78 is 5.91. The Kier molecular flexibility index (Phi) is 6.70. The van der Waals surface area contributed by atoms with Gasteiger partial charge in [0.2, 0.25) is 0 Å². The van der Waals surface area contributed by atoms with Crippen molar-refractivity contribution in [3.63, 3.8) is 0 Å². The van der Waals surface area contributed by atoms with Crippen molar-refractivity contribution < 1.29 is 14.6 Å². The second-order valence-corrected chi connectivity index (χ2v) is 7.86. The van der Waals surface area contributed by atoms with Gasteiger partial charge in [-0.3, -0.25) is 4.79 Å². The van der Waals surface area contributed by atoms with Gasteiger partial charge in [0.25, 0.3) is 0 Å². The molecule has 2 aromatic carbocycles. The largest absolute Gasteiger partial charge is 0.493 e. The van der Waals surface area contributed by atoms with E-state index in [1.807, 2.05) is 67.7 Å². The van der Waals surface area contributed by atoms with Crippen LogP contribution in [0.25, 0.3) is 10.9 Å². The molecule has 0 spiro atoms. The number of fused-ring (bicyclic) bond motifs is 1. The van der Waals surface area contributed by atoms with E-state index in [1.165, 1.54) is 0 Å². The number of nitrogens with one attached hydrogen (secondary N) is 2. The van der Waals surface area contributed by atoms with Gasteiger partial charge in [0.05, 0.1) is 13.0 Å². The molecule has 1 atom stereocenters. The van der Waals surface area contributed by atoms with E-state index < -0.39 is 5.97 Å². The fraction of sp³-hybridized carbons (Fsp3) is 0.231. The number of hydrogen-bond donors (Lipinski definition) is 3. The summed E-state index contributed by atoms with van der Waals surface area (Å²) in [6.07, 6.45) is 4.57. The zero-order chi connectivity index (χ0) is 22.3. The predicted molar refractivity (Wildman–Crippen MR) is 126 cm³/mol. The number of hydrogen-bond acceptors (Lipinski definition) is 4. The fourth-order valence-electron chi connectivity index (χ4n) is 3.92. The van der Waals surface area contributed by atoms with Gasteiger partial charge >= 0.3 is 5.97 Å². The summed E-state index contributed by atoms with van der Waals surface area (Å²) in [5.41, 5.74) is 4.05. The second-order valence-electron chi connectivity index (χ2n) is 7.86. The standard InChI is InChI=1S/C26H27N3O3/c1-18-6-4-7-19(14-18)22(16-26(30)31)23-17-29-24-15-20(9-10-21(23)24)32-13-5-12-28-25-8-2-3-11-27-25/h2-4,6-11,14-15,17,22,29H,5,12-13,16H2,1H3,(H,27,28)(H,30,31). The molecule has 0 amide bonds. The normalized spacial score (nSPS) is 11.9. The number of anilines is 1. The van der Waals surface area contributed by atoms with Crippen LogP contribution in [0.1, 0.15) is 35.4 Å². The van der Waals surface area contributed by atoms with E-state index in [9.17, 15) is 9.90 Å². The minimum Gasteiger partial charge on any atom is -0.493 e. The number of aromatic nitrogens is 2. The first-order chi connectivity index (χ1) is 15.6. The third-order valence-electron chi connectivity index (χ3n) is 5.44. The zero-order valence-electron chi connectivity index (χ0n) is 18.0. The van der Waals surface area contributed by atoms with Crippen LogP contribution in [0.4, 0.5) is 5.82 Å². The van der Waals surface area contributed by atoms with Gasteiger partial charge in [0, 0.05) is 41.8 Å². The van der Waals surface area contributed by atoms with Gasteiger partial charge in [-0.1, -0.05) is 35.9 Å². The molecule has 2 aromatic heterocycles. The number of rotatable bonds is 10. The highest BCUT2D eigenvalue weighted by Gasteiger charge is 2.21. The van der Waals surface area contributed by atoms with Crippen LogP contribution in [0.3, 0.4) is 0 Å². The van der Waals surface area contributed by atoms with Gasteiger partial charge in [-0.25, -0.2) is 4.98 Å². The van der Waals surface area contributed by atoms with Crippen molar-refractivity contribution in [3.8, 4) is 5.75 Å². The van der Waals surface area contributed by atoms with Crippen LogP contribution in [0.15, 0.2) is 73.1 Å². The highest BCUT2D eigenvalue weighted by atomic mass is 16.5. The number of carboxylic acid groups (broad SMARTS) is 1. The molecule has 4 aromatic rings. The topological polar surface area (TPSA) is 87.2 Å². The van der Waals surface area contributed by atoms with Crippen molar-refractivity contribution in [1.29, 1.82) is 0 Å². The van der Waals surface area contributed by atoms with E-state index >= 15 is 0 Å². The van der Waals surface area contributed by atoms with E-state index in [0.717, 1.165) is 52.1 Å². The number of nitrogens with zero attached hydrogens (tertiary/aromatic N) is 1. The predicted octanol–water partition coefficient (Wildman–Crippen LogP) is 5.36. The van der Waals surface area contributed by atoms with Crippen LogP contribution in [0.2, 0.25) is 0 Å². The molecule has 2 heterocycles. The third kappa shape index (κ3) is 5.27. The first kappa shape index (κ1) is 21.4. The summed E-state index contributed by atoms with van der Waals surface area (Å²) in [7, 11) is 0. The lowest BCUT2D eigenvalue weighted by molar-refractivity contribution is -0.137. The van der Waals surface area contributed by atoms with Gasteiger partial charge < -0.3 is 20.1 Å². The summed E-state index contributed by atoms with van der Waals surface area (Å²) >= 11 is 0. The van der Waals surface area contributed by atoms with Crippen LogP contribution in [0, 0.1) is 6.92 Å². The van der Waals surface area contributed by atoms with Gasteiger partial charge in [-0.2, -0.15) is 0 Å². The SMILES string of the molecule is Cc1cccc(C(CC(=O)O)c2c[nH]c3cc(OCCCNc4ccccn4)ccc23)c1. The molecule has 3 N–H and O–H groups in total. The summed E-state index contributed by atoms with van der Waals surface area (Å²) in [6.45, 7) is 3.38. The van der Waals surface area contributed by atoms with Crippen LogP contribution < -0.4 is 10.1 Å². The maximum absolute atomic E-state index is 11.6. The number of aliphatic carboxylic acids is 1. The zero-order valence-corrected chi connectivity index (χ0v) is 18.0. The van der Waals surface area contributed by atoms with E-state index in [-0.39, 0.29) is 12.3 Å². The summed E-state index contributed by atoms with van der Waals surface area (Å²) in [4.78, 5) is 19.1. The van der Waals surface area contributed by atoms with Crippen molar-refractivity contribution in [2.75, 3.05) is 18.5 Å². The van der Waals surface area contributed by atoms with Crippen LogP contribution in [-0.4, -0.2) is 34.2 Å². The van der Waals surface area contributed by atoms with Gasteiger partial charge in [0.1, 0.15) is 11.6 Å². The quantitative estimate of drug-likeness (QED) is 0.296. The Morgan fingerprint density at radius 1 is 1.16 bits per heavy atom. The summed E-state index contributed by atoms with van der Waals surface area (Å²) in [6, 6.07) is 19.7. The molecule has 4 rings (SSSR count). The number of pyridine rings is 1. The van der Waals surface area contributed by atoms with Gasteiger partial charge in [-0.15, -0.1) is 0 Å². The Morgan fingerprint density at radius 3 is 2.84 bits per heavy atom. The van der Waals surface area contributed by atoms with Crippen LogP contribution in [-0.2, 0) is 4.79 Å². The van der Waals surface area contributed by atoms with E-state index in [4.69, 9.17) is 4.74 Å². The van der Waals surface area contributed by atoms with Crippen molar-refractivity contribution in [2.24, 2.45) is 0 Å². The van der Waals surface area contributed by atoms with Crippen molar-refractivity contribution in [1.82, 2.24) is 9.97 Å². The lowest BCUT2D eigenvalue weighted by Crippen LogP contribution is -2.08. The molecule has 0 aliphatic carbocycles. The molecule has 1 unspecified atom stereocenters. The smallest absolute Gasteiger partial charge is 0.304 e. The van der Waals surface area contributed by atoms with Gasteiger partial charge in [0.15, 0.2) is 0 Å². The molecule has 0 aliphatic rings. The molecule has 6 nitrogen and oxygen atoms in total. The van der Waals surface area contributed by atoms with Crippen molar-refractivity contribution >= 4 is 22.7 Å². The maximum Gasteiger partial charge on any atom is 0.304 e. The van der Waals surface area contributed by atoms with Crippen LogP contribution >= 0.6 is 0 Å². The summed E-state index contributed by atoms with van der Waals surface area (Å²) in [5, 5.41) is 13.8. The Hall–Kier alpha value is -3.80. The van der Waals surface area contributed by atoms with Crippen molar-refractivity contribution in [3.05, 3.63) is 89.7 Å². The van der Waals surface area contributed by atoms with Crippen molar-refractivity contribution in [2.45, 2.75) is 25.7 Å². The van der Waals surface area contributed by atoms with E-state index in [2.05, 4.69) is 21.4 Å². The molecule has 0 aliphatic heterocycles. The Balaban J connectivity index is 1.43. The molecule has 0 bridgehead atoms. The Bertz CT molecular complexity index is 1190. The highest BCUT2D eigenvalue weighted by molar-refractivity contribution is 5.86. The molecule has 32 heavy (non-hydrogen) atoms. The highest BCUT2D eigenvalue weighted by Crippen LogP contribution is 2.35. The average Bonchev–Trinajstić information content (AvgIpc) is 3.21. The molecule has 0 radical (unpaired) electrons. The monoisotopic (exact) mass is 429 g/mol. The Labute approximate surface area is 187 Å². The Morgan fingerprint density at radius 2 is 2.06 bits per heavy atom. The van der Waals surface area contributed by atoms with E-state index in [1.54, 1.807) is 6.20 Å². The van der Waals surface area contributed by atoms with E-state index in [0.29, 0.717) is 6.61 Å². The number of H-pyrrole nitrogens is 1. The minimum absolute atomic E-state index is 0.0396. The average molecular weight is 430 g/mol. The molecule has 0 saturated carbocycles. The fourth-order valence-corrected chi connectivity index (χ4v) is 3.92. The third-order valence-corrected chi connectivity index (χ3v) is 5.44. The summed E-state index contributed by atoms with van der Waals surface area (Å²) in [5.74, 6) is 0.613.